The molecule has 4 heteroatoms. The van der Waals surface area contributed by atoms with E-state index in [1.165, 1.54) is 4.90 Å². The fraction of sp³-hybridized carbons (Fsp3) is 0.375. The molecule has 4 atom stereocenters. The van der Waals surface area contributed by atoms with Crippen LogP contribution in [0, 0.1) is 23.2 Å². The second-order valence-corrected chi connectivity index (χ2v) is 6.54. The van der Waals surface area contributed by atoms with Gasteiger partial charge >= 0.3 is 0 Å². The molecule has 4 rings (SSSR count). The van der Waals surface area contributed by atoms with Crippen LogP contribution in [0.4, 0.5) is 5.69 Å². The van der Waals surface area contributed by atoms with Crippen molar-refractivity contribution in [3.8, 4) is 0 Å². The van der Waals surface area contributed by atoms with Crippen LogP contribution in [0.3, 0.4) is 0 Å². The number of carbonyl (C=O) groups excluding carboxylic acids is 2. The Morgan fingerprint density at radius 3 is 2.55 bits per heavy atom. The number of nitrogens with zero attached hydrogens (tertiary/aromatic N) is 1. The molecule has 1 saturated heterocycles. The average Bonchev–Trinajstić information content (AvgIpc) is 3.05. The fourth-order valence-electron chi connectivity index (χ4n) is 4.14. The molecule has 102 valence electrons. The van der Waals surface area contributed by atoms with E-state index in [-0.39, 0.29) is 29.6 Å². The lowest BCUT2D eigenvalue weighted by Gasteiger charge is -2.28. The van der Waals surface area contributed by atoms with Gasteiger partial charge in [0.15, 0.2) is 0 Å². The van der Waals surface area contributed by atoms with Gasteiger partial charge in [0.1, 0.15) is 0 Å². The topological polar surface area (TPSA) is 37.4 Å². The van der Waals surface area contributed by atoms with E-state index in [2.05, 4.69) is 12.2 Å². The highest BCUT2D eigenvalue weighted by molar-refractivity contribution is 6.31. The van der Waals surface area contributed by atoms with Crippen molar-refractivity contribution in [2.75, 3.05) is 4.90 Å². The Labute approximate surface area is 122 Å². The summed E-state index contributed by atoms with van der Waals surface area (Å²) < 4.78 is 0. The monoisotopic (exact) mass is 287 g/mol. The maximum atomic E-state index is 12.8. The molecule has 2 aliphatic carbocycles. The lowest BCUT2D eigenvalue weighted by Crippen LogP contribution is -2.37. The Kier molecular flexibility index (Phi) is 2.27. The molecule has 2 bridgehead atoms. The Balaban J connectivity index is 1.80. The molecule has 1 aromatic carbocycles. The first-order valence-corrected chi connectivity index (χ1v) is 7.23. The van der Waals surface area contributed by atoms with Crippen molar-refractivity contribution >= 4 is 29.1 Å². The lowest BCUT2D eigenvalue weighted by atomic mass is 9.71. The van der Waals surface area contributed by atoms with Gasteiger partial charge < -0.3 is 0 Å². The number of anilines is 1. The quantitative estimate of drug-likeness (QED) is 0.588. The van der Waals surface area contributed by atoms with E-state index in [1.54, 1.807) is 24.3 Å². The van der Waals surface area contributed by atoms with Crippen molar-refractivity contribution < 1.29 is 9.59 Å². The zero-order valence-corrected chi connectivity index (χ0v) is 11.8. The van der Waals surface area contributed by atoms with Crippen LogP contribution in [-0.4, -0.2) is 11.8 Å². The van der Waals surface area contributed by atoms with Crippen molar-refractivity contribution in [3.63, 3.8) is 0 Å². The highest BCUT2D eigenvalue weighted by Gasteiger charge is 2.67. The first-order chi connectivity index (χ1) is 9.53. The normalized spacial score (nSPS) is 37.9. The predicted molar refractivity (Wildman–Crippen MR) is 76.3 cm³/mol. The van der Waals surface area contributed by atoms with Gasteiger partial charge in [0, 0.05) is 5.02 Å². The van der Waals surface area contributed by atoms with Crippen LogP contribution in [-0.2, 0) is 9.59 Å². The minimum absolute atomic E-state index is 0.0586. The summed E-state index contributed by atoms with van der Waals surface area (Å²) in [7, 11) is 0. The molecule has 1 aliphatic heterocycles. The Bertz CT molecular complexity index is 651. The van der Waals surface area contributed by atoms with E-state index in [4.69, 9.17) is 11.6 Å². The molecule has 0 N–H and O–H groups in total. The third-order valence-electron chi connectivity index (χ3n) is 5.20. The van der Waals surface area contributed by atoms with Crippen molar-refractivity contribution in [1.29, 1.82) is 0 Å². The van der Waals surface area contributed by atoms with Crippen molar-refractivity contribution in [1.82, 2.24) is 0 Å². The summed E-state index contributed by atoms with van der Waals surface area (Å²) in [6, 6.07) is 6.89. The summed E-state index contributed by atoms with van der Waals surface area (Å²) in [6.07, 6.45) is 5.15. The second kappa shape index (κ2) is 3.73. The SMILES string of the molecule is C[C@]12C(=O)N(c3ccc(Cl)cc3)C(=O)[C@H]1[C@H]1C=C[C@@H]2C1. The number of carbonyl (C=O) groups is 2. The molecule has 2 amide bonds. The minimum Gasteiger partial charge on any atom is -0.274 e. The third kappa shape index (κ3) is 1.27. The number of benzene rings is 1. The molecule has 0 radical (unpaired) electrons. The van der Waals surface area contributed by atoms with Gasteiger partial charge in [-0.25, -0.2) is 4.90 Å². The van der Waals surface area contributed by atoms with E-state index in [0.29, 0.717) is 10.7 Å². The summed E-state index contributed by atoms with van der Waals surface area (Å²) in [5.74, 6) is 0.106. The van der Waals surface area contributed by atoms with Crippen LogP contribution >= 0.6 is 11.6 Å². The van der Waals surface area contributed by atoms with Gasteiger partial charge in [-0.3, -0.25) is 9.59 Å². The molecule has 0 aromatic heterocycles. The van der Waals surface area contributed by atoms with Gasteiger partial charge in [0.05, 0.1) is 17.0 Å². The summed E-state index contributed by atoms with van der Waals surface area (Å²) in [6.45, 7) is 1.95. The van der Waals surface area contributed by atoms with E-state index in [9.17, 15) is 9.59 Å². The molecule has 0 spiro atoms. The number of halogens is 1. The molecule has 2 fully saturated rings. The standard InChI is InChI=1S/C16H14ClNO2/c1-16-10-3-2-9(8-10)13(16)14(19)18(15(16)20)12-6-4-11(17)5-7-12/h2-7,9-10,13H,8H2,1H3/t9-,10+,13+,16+/m0/s1. The Morgan fingerprint density at radius 2 is 1.90 bits per heavy atom. The van der Waals surface area contributed by atoms with Crippen LogP contribution in [0.25, 0.3) is 0 Å². The smallest absolute Gasteiger partial charge is 0.241 e. The van der Waals surface area contributed by atoms with Gasteiger partial charge in [0.2, 0.25) is 11.8 Å². The maximum Gasteiger partial charge on any atom is 0.241 e. The predicted octanol–water partition coefficient (Wildman–Crippen LogP) is 3.04. The minimum atomic E-state index is -0.559. The average molecular weight is 288 g/mol. The number of rotatable bonds is 1. The van der Waals surface area contributed by atoms with Gasteiger partial charge in [-0.05, 0) is 49.4 Å². The maximum absolute atomic E-state index is 12.8. The van der Waals surface area contributed by atoms with E-state index in [1.807, 2.05) is 6.92 Å². The van der Waals surface area contributed by atoms with Crippen molar-refractivity contribution in [3.05, 3.63) is 41.4 Å². The number of imide groups is 1. The van der Waals surface area contributed by atoms with E-state index in [0.717, 1.165) is 6.42 Å². The zero-order valence-electron chi connectivity index (χ0n) is 11.0. The number of allylic oxidation sites excluding steroid dienone is 2. The summed E-state index contributed by atoms with van der Waals surface area (Å²) in [5, 5.41) is 0.598. The van der Waals surface area contributed by atoms with Gasteiger partial charge in [-0.15, -0.1) is 0 Å². The van der Waals surface area contributed by atoms with Gasteiger partial charge in [0.25, 0.3) is 0 Å². The number of fused-ring (bicyclic) bond motifs is 5. The Hall–Kier alpha value is -1.61. The summed E-state index contributed by atoms with van der Waals surface area (Å²) >= 11 is 5.87. The van der Waals surface area contributed by atoms with Gasteiger partial charge in [-0.2, -0.15) is 0 Å². The molecule has 1 saturated carbocycles. The molecule has 3 nitrogen and oxygen atoms in total. The first kappa shape index (κ1) is 12.2. The van der Waals surface area contributed by atoms with Crippen LogP contribution < -0.4 is 4.90 Å². The van der Waals surface area contributed by atoms with Crippen molar-refractivity contribution in [2.45, 2.75) is 13.3 Å². The molecule has 3 aliphatic rings. The third-order valence-corrected chi connectivity index (χ3v) is 5.45. The zero-order chi connectivity index (χ0) is 14.1. The van der Waals surface area contributed by atoms with Crippen LogP contribution in [0.15, 0.2) is 36.4 Å². The van der Waals surface area contributed by atoms with Crippen LogP contribution in [0.5, 0.6) is 0 Å². The van der Waals surface area contributed by atoms with Gasteiger partial charge in [-0.1, -0.05) is 23.8 Å². The molecular formula is C16H14ClNO2. The lowest BCUT2D eigenvalue weighted by molar-refractivity contribution is -0.127. The molecular weight excluding hydrogens is 274 g/mol. The van der Waals surface area contributed by atoms with Crippen LogP contribution in [0.2, 0.25) is 5.02 Å². The number of hydrogen-bond donors (Lipinski definition) is 0. The molecule has 0 unspecified atom stereocenters. The molecule has 1 heterocycles. The number of hydrogen-bond acceptors (Lipinski definition) is 2. The van der Waals surface area contributed by atoms with Crippen LogP contribution in [0.1, 0.15) is 13.3 Å². The largest absolute Gasteiger partial charge is 0.274 e. The highest BCUT2D eigenvalue weighted by Crippen LogP contribution is 2.60. The fourth-order valence-corrected chi connectivity index (χ4v) is 4.27. The highest BCUT2D eigenvalue weighted by atomic mass is 35.5. The molecule has 20 heavy (non-hydrogen) atoms. The summed E-state index contributed by atoms with van der Waals surface area (Å²) in [5.41, 5.74) is 0.0651. The van der Waals surface area contributed by atoms with E-state index < -0.39 is 5.41 Å². The second-order valence-electron chi connectivity index (χ2n) is 6.11. The summed E-state index contributed by atoms with van der Waals surface area (Å²) in [4.78, 5) is 26.9. The van der Waals surface area contributed by atoms with E-state index >= 15 is 0 Å². The first-order valence-electron chi connectivity index (χ1n) is 6.86. The van der Waals surface area contributed by atoms with Crippen molar-refractivity contribution in [2.24, 2.45) is 23.2 Å². The Morgan fingerprint density at radius 1 is 1.20 bits per heavy atom. The number of amides is 2. The molecule has 1 aromatic rings.